The third-order valence-electron chi connectivity index (χ3n) is 2.67. The van der Waals surface area contributed by atoms with Gasteiger partial charge in [0.15, 0.2) is 0 Å². The third-order valence-corrected chi connectivity index (χ3v) is 4.35. The summed E-state index contributed by atoms with van der Waals surface area (Å²) in [5.74, 6) is 0.114. The van der Waals surface area contributed by atoms with Crippen molar-refractivity contribution in [1.29, 1.82) is 0 Å². The van der Waals surface area contributed by atoms with Crippen molar-refractivity contribution < 1.29 is 17.9 Å². The lowest BCUT2D eigenvalue weighted by atomic mass is 10.1. The van der Waals surface area contributed by atoms with Crippen molar-refractivity contribution in [2.45, 2.75) is 19.4 Å². The van der Waals surface area contributed by atoms with Gasteiger partial charge in [-0.1, -0.05) is 12.1 Å². The number of halogens is 1. The van der Waals surface area contributed by atoms with Crippen LogP contribution in [-0.4, -0.2) is 33.1 Å². The van der Waals surface area contributed by atoms with Gasteiger partial charge >= 0.3 is 5.97 Å². The highest BCUT2D eigenvalue weighted by atomic mass is 35.5. The number of benzene rings is 1. The van der Waals surface area contributed by atoms with Crippen LogP contribution in [0.1, 0.15) is 28.8 Å². The van der Waals surface area contributed by atoms with Gasteiger partial charge in [0.1, 0.15) is 0 Å². The van der Waals surface area contributed by atoms with E-state index in [1.165, 1.54) is 7.11 Å². The van der Waals surface area contributed by atoms with Gasteiger partial charge < -0.3 is 4.74 Å². The second-order valence-corrected chi connectivity index (χ2v) is 6.53. The number of hydrogen-bond acceptors (Lipinski definition) is 4. The number of alkyl halides is 1. The topological polar surface area (TPSA) is 72.5 Å². The lowest BCUT2D eigenvalue weighted by Gasteiger charge is -2.07. The molecule has 7 heteroatoms. The first kappa shape index (κ1) is 16.9. The Morgan fingerprint density at radius 1 is 1.25 bits per heavy atom. The molecule has 0 saturated carbocycles. The number of hydrogen-bond donors (Lipinski definition) is 1. The Morgan fingerprint density at radius 2 is 1.90 bits per heavy atom. The maximum absolute atomic E-state index is 11.7. The monoisotopic (exact) mass is 319 g/mol. The van der Waals surface area contributed by atoms with Crippen molar-refractivity contribution >= 4 is 27.6 Å². The van der Waals surface area contributed by atoms with Crippen molar-refractivity contribution in [1.82, 2.24) is 4.72 Å². The minimum Gasteiger partial charge on any atom is -0.465 e. The molecule has 0 amide bonds. The maximum atomic E-state index is 11.7. The second kappa shape index (κ2) is 8.24. The zero-order chi connectivity index (χ0) is 15.0. The highest BCUT2D eigenvalue weighted by molar-refractivity contribution is 7.89. The Bertz CT molecular complexity index is 528. The molecule has 0 bridgehead atoms. The molecule has 1 rings (SSSR count). The van der Waals surface area contributed by atoms with Gasteiger partial charge in [-0.2, -0.15) is 0 Å². The van der Waals surface area contributed by atoms with Crippen molar-refractivity contribution in [2.24, 2.45) is 0 Å². The van der Waals surface area contributed by atoms with Crippen LogP contribution in [0.25, 0.3) is 0 Å². The van der Waals surface area contributed by atoms with Crippen LogP contribution in [0.5, 0.6) is 0 Å². The molecule has 0 radical (unpaired) electrons. The zero-order valence-electron chi connectivity index (χ0n) is 11.3. The number of unbranched alkanes of at least 4 members (excludes halogenated alkanes) is 1. The van der Waals surface area contributed by atoms with Gasteiger partial charge in [0.25, 0.3) is 0 Å². The van der Waals surface area contributed by atoms with E-state index in [0.717, 1.165) is 5.56 Å². The minimum absolute atomic E-state index is 0.0694. The quantitative estimate of drug-likeness (QED) is 0.451. The van der Waals surface area contributed by atoms with E-state index >= 15 is 0 Å². The van der Waals surface area contributed by atoms with Crippen LogP contribution < -0.4 is 4.72 Å². The number of sulfonamides is 1. The molecule has 1 aromatic carbocycles. The molecule has 0 heterocycles. The molecule has 0 saturated heterocycles. The van der Waals surface area contributed by atoms with Crippen molar-refractivity contribution in [3.05, 3.63) is 35.4 Å². The van der Waals surface area contributed by atoms with E-state index in [1.807, 2.05) is 0 Å². The number of carbonyl (C=O) groups is 1. The van der Waals surface area contributed by atoms with Gasteiger partial charge in [0, 0.05) is 12.4 Å². The largest absolute Gasteiger partial charge is 0.465 e. The molecule has 1 N–H and O–H groups in total. The van der Waals surface area contributed by atoms with Crippen LogP contribution in [0.4, 0.5) is 0 Å². The minimum atomic E-state index is -3.28. The number of nitrogens with one attached hydrogen (secondary N) is 1. The standard InChI is InChI=1S/C13H18ClNO4S/c1-19-13(16)12-6-4-11(5-7-12)10-15-20(17,18)9-3-2-8-14/h4-7,15H,2-3,8-10H2,1H3. The van der Waals surface area contributed by atoms with Crippen molar-refractivity contribution in [2.75, 3.05) is 18.7 Å². The summed E-state index contributed by atoms with van der Waals surface area (Å²) in [6.07, 6.45) is 1.22. The predicted molar refractivity (Wildman–Crippen MR) is 78.4 cm³/mol. The molecular formula is C13H18ClNO4S. The van der Waals surface area contributed by atoms with E-state index in [-0.39, 0.29) is 12.3 Å². The van der Waals surface area contributed by atoms with Crippen LogP contribution in [-0.2, 0) is 21.3 Å². The molecule has 0 aliphatic carbocycles. The Balaban J connectivity index is 2.51. The number of carbonyl (C=O) groups excluding carboxylic acids is 1. The van der Waals surface area contributed by atoms with E-state index in [2.05, 4.69) is 9.46 Å². The average molecular weight is 320 g/mol. The van der Waals surface area contributed by atoms with E-state index < -0.39 is 16.0 Å². The van der Waals surface area contributed by atoms with Gasteiger partial charge in [-0.05, 0) is 30.5 Å². The summed E-state index contributed by atoms with van der Waals surface area (Å²) < 4.78 is 30.4. The first-order valence-corrected chi connectivity index (χ1v) is 8.38. The summed E-state index contributed by atoms with van der Waals surface area (Å²) >= 11 is 5.50. The first-order chi connectivity index (χ1) is 9.48. The molecule has 0 aliphatic rings. The molecule has 0 aromatic heterocycles. The van der Waals surface area contributed by atoms with Gasteiger partial charge in [-0.15, -0.1) is 11.6 Å². The normalized spacial score (nSPS) is 11.3. The Hall–Kier alpha value is -1.11. The average Bonchev–Trinajstić information content (AvgIpc) is 2.45. The van der Waals surface area contributed by atoms with Gasteiger partial charge in [0.05, 0.1) is 18.4 Å². The lowest BCUT2D eigenvalue weighted by molar-refractivity contribution is 0.0600. The summed E-state index contributed by atoms with van der Waals surface area (Å²) in [5, 5.41) is 0. The molecular weight excluding hydrogens is 302 g/mol. The zero-order valence-corrected chi connectivity index (χ0v) is 12.8. The number of rotatable bonds is 8. The van der Waals surface area contributed by atoms with Crippen LogP contribution in [0.3, 0.4) is 0 Å². The van der Waals surface area contributed by atoms with Crippen LogP contribution in [0, 0.1) is 0 Å². The molecule has 0 aliphatic heterocycles. The molecule has 20 heavy (non-hydrogen) atoms. The fourth-order valence-corrected chi connectivity index (χ4v) is 2.83. The predicted octanol–water partition coefficient (Wildman–Crippen LogP) is 1.91. The summed E-state index contributed by atoms with van der Waals surface area (Å²) in [7, 11) is -1.97. The highest BCUT2D eigenvalue weighted by Crippen LogP contribution is 2.06. The fraction of sp³-hybridized carbons (Fsp3) is 0.462. The smallest absolute Gasteiger partial charge is 0.337 e. The Morgan fingerprint density at radius 3 is 2.45 bits per heavy atom. The molecule has 0 atom stereocenters. The summed E-state index contributed by atoms with van der Waals surface area (Å²) in [6, 6.07) is 6.58. The molecule has 0 spiro atoms. The first-order valence-electron chi connectivity index (χ1n) is 6.19. The van der Waals surface area contributed by atoms with E-state index in [9.17, 15) is 13.2 Å². The Labute approximate surface area is 124 Å². The van der Waals surface area contributed by atoms with Gasteiger partial charge in [-0.3, -0.25) is 0 Å². The molecule has 5 nitrogen and oxygen atoms in total. The van der Waals surface area contributed by atoms with Crippen LogP contribution >= 0.6 is 11.6 Å². The molecule has 0 unspecified atom stereocenters. The van der Waals surface area contributed by atoms with Crippen LogP contribution in [0.15, 0.2) is 24.3 Å². The number of ether oxygens (including phenoxy) is 1. The molecule has 0 fully saturated rings. The van der Waals surface area contributed by atoms with Crippen molar-refractivity contribution in [3.63, 3.8) is 0 Å². The van der Waals surface area contributed by atoms with Gasteiger partial charge in [-0.25, -0.2) is 17.9 Å². The third kappa shape index (κ3) is 5.90. The molecule has 1 aromatic rings. The number of esters is 1. The van der Waals surface area contributed by atoms with E-state index in [1.54, 1.807) is 24.3 Å². The number of methoxy groups -OCH3 is 1. The summed E-state index contributed by atoms with van der Waals surface area (Å²) in [5.41, 5.74) is 1.21. The Kier molecular flexibility index (Phi) is 6.98. The van der Waals surface area contributed by atoms with Crippen molar-refractivity contribution in [3.8, 4) is 0 Å². The second-order valence-electron chi connectivity index (χ2n) is 4.22. The van der Waals surface area contributed by atoms with Crippen LogP contribution in [0.2, 0.25) is 0 Å². The highest BCUT2D eigenvalue weighted by Gasteiger charge is 2.10. The van der Waals surface area contributed by atoms with E-state index in [0.29, 0.717) is 24.3 Å². The molecule has 112 valence electrons. The maximum Gasteiger partial charge on any atom is 0.337 e. The lowest BCUT2D eigenvalue weighted by Crippen LogP contribution is -2.26. The summed E-state index contributed by atoms with van der Waals surface area (Å²) in [6.45, 7) is 0.199. The SMILES string of the molecule is COC(=O)c1ccc(CNS(=O)(=O)CCCCCl)cc1. The van der Waals surface area contributed by atoms with Gasteiger partial charge in [0.2, 0.25) is 10.0 Å². The summed E-state index contributed by atoms with van der Waals surface area (Å²) in [4.78, 5) is 11.2. The van der Waals surface area contributed by atoms with E-state index in [4.69, 9.17) is 11.6 Å². The fourth-order valence-electron chi connectivity index (χ4n) is 1.53.